The van der Waals surface area contributed by atoms with Crippen molar-refractivity contribution in [1.29, 1.82) is 0 Å². The lowest BCUT2D eigenvalue weighted by Crippen LogP contribution is -2.41. The molecule has 1 amide bonds. The number of rotatable bonds is 2. The lowest BCUT2D eigenvalue weighted by Gasteiger charge is -2.30. The summed E-state index contributed by atoms with van der Waals surface area (Å²) in [5.41, 5.74) is 2.04. The lowest BCUT2D eigenvalue weighted by atomic mass is 9.85. The fourth-order valence-corrected chi connectivity index (χ4v) is 3.71. The fraction of sp³-hybridized carbons (Fsp3) is 0.350. The summed E-state index contributed by atoms with van der Waals surface area (Å²) in [5, 5.41) is 0. The first-order chi connectivity index (χ1) is 11.3. The Morgan fingerprint density at radius 2 is 1.70 bits per heavy atom. The largest absolute Gasteiger partial charge is 0.487 e. The molecule has 0 saturated heterocycles. The SMILES string of the molecule is O=C1C2CCCCC2Oc2ccccc2N1Cc1ccccc1. The van der Waals surface area contributed by atoms with E-state index in [4.69, 9.17) is 4.74 Å². The van der Waals surface area contributed by atoms with Gasteiger partial charge in [0.1, 0.15) is 11.9 Å². The van der Waals surface area contributed by atoms with Crippen molar-refractivity contribution in [2.24, 2.45) is 5.92 Å². The molecule has 0 spiro atoms. The Labute approximate surface area is 136 Å². The highest BCUT2D eigenvalue weighted by Crippen LogP contribution is 2.39. The highest BCUT2D eigenvalue weighted by atomic mass is 16.5. The molecule has 0 radical (unpaired) electrons. The molecule has 1 fully saturated rings. The second-order valence-electron chi connectivity index (χ2n) is 6.42. The van der Waals surface area contributed by atoms with Gasteiger partial charge in [-0.3, -0.25) is 4.79 Å². The molecule has 0 N–H and O–H groups in total. The molecular formula is C20H21NO2. The highest BCUT2D eigenvalue weighted by Gasteiger charge is 2.39. The van der Waals surface area contributed by atoms with Crippen molar-refractivity contribution in [3.05, 3.63) is 60.2 Å². The van der Waals surface area contributed by atoms with Crippen LogP contribution in [0, 0.1) is 5.92 Å². The molecule has 1 aliphatic heterocycles. The van der Waals surface area contributed by atoms with Gasteiger partial charge < -0.3 is 9.64 Å². The van der Waals surface area contributed by atoms with Crippen LogP contribution in [-0.2, 0) is 11.3 Å². The van der Waals surface area contributed by atoms with Crippen LogP contribution in [0.1, 0.15) is 31.2 Å². The van der Waals surface area contributed by atoms with E-state index in [1.165, 1.54) is 0 Å². The van der Waals surface area contributed by atoms with Gasteiger partial charge in [-0.05, 0) is 37.0 Å². The second kappa shape index (κ2) is 6.07. The number of ether oxygens (including phenoxy) is 1. The van der Waals surface area contributed by atoms with Gasteiger partial charge in [0.05, 0.1) is 18.2 Å². The molecule has 0 aromatic heterocycles. The number of fused-ring (bicyclic) bond motifs is 2. The Hall–Kier alpha value is -2.29. The number of nitrogens with zero attached hydrogens (tertiary/aromatic N) is 1. The molecule has 1 aliphatic carbocycles. The molecule has 3 heteroatoms. The van der Waals surface area contributed by atoms with E-state index in [9.17, 15) is 4.79 Å². The number of amides is 1. The summed E-state index contributed by atoms with van der Waals surface area (Å²) < 4.78 is 6.24. The van der Waals surface area contributed by atoms with Crippen LogP contribution in [0.15, 0.2) is 54.6 Å². The minimum absolute atomic E-state index is 0.0140. The van der Waals surface area contributed by atoms with Crippen LogP contribution in [0.4, 0.5) is 5.69 Å². The zero-order valence-electron chi connectivity index (χ0n) is 13.2. The van der Waals surface area contributed by atoms with Gasteiger partial charge in [0.25, 0.3) is 0 Å². The van der Waals surface area contributed by atoms with E-state index in [0.717, 1.165) is 42.7 Å². The summed E-state index contributed by atoms with van der Waals surface area (Å²) in [6.07, 6.45) is 4.20. The summed E-state index contributed by atoms with van der Waals surface area (Å²) in [7, 11) is 0. The number of hydrogen-bond donors (Lipinski definition) is 0. The van der Waals surface area contributed by atoms with E-state index in [2.05, 4.69) is 12.1 Å². The minimum Gasteiger partial charge on any atom is -0.487 e. The van der Waals surface area contributed by atoms with Crippen molar-refractivity contribution < 1.29 is 9.53 Å². The van der Waals surface area contributed by atoms with E-state index in [1.807, 2.05) is 47.4 Å². The maximum Gasteiger partial charge on any atom is 0.234 e. The summed E-state index contributed by atoms with van der Waals surface area (Å²) in [4.78, 5) is 15.1. The van der Waals surface area contributed by atoms with Gasteiger partial charge in [0.15, 0.2) is 0 Å². The normalized spacial score (nSPS) is 23.5. The van der Waals surface area contributed by atoms with Gasteiger partial charge in [0.2, 0.25) is 5.91 Å². The molecule has 2 unspecified atom stereocenters. The average molecular weight is 307 g/mol. The molecule has 4 rings (SSSR count). The van der Waals surface area contributed by atoms with Crippen molar-refractivity contribution in [2.45, 2.75) is 38.3 Å². The smallest absolute Gasteiger partial charge is 0.234 e. The summed E-state index contributed by atoms with van der Waals surface area (Å²) in [6, 6.07) is 18.1. The fourth-order valence-electron chi connectivity index (χ4n) is 3.71. The predicted octanol–water partition coefficient (Wildman–Crippen LogP) is 4.17. The van der Waals surface area contributed by atoms with E-state index in [1.54, 1.807) is 0 Å². The third-order valence-corrected chi connectivity index (χ3v) is 4.90. The van der Waals surface area contributed by atoms with Crippen LogP contribution in [-0.4, -0.2) is 12.0 Å². The first-order valence-electron chi connectivity index (χ1n) is 8.44. The standard InChI is InChI=1S/C20H21NO2/c22-20-16-10-4-6-12-18(16)23-19-13-7-5-11-17(19)21(20)14-15-8-2-1-3-9-15/h1-3,5,7-9,11,13,16,18H,4,6,10,12,14H2. The molecule has 1 heterocycles. The first-order valence-corrected chi connectivity index (χ1v) is 8.44. The third-order valence-electron chi connectivity index (χ3n) is 4.90. The van der Waals surface area contributed by atoms with Crippen molar-refractivity contribution in [3.8, 4) is 5.75 Å². The van der Waals surface area contributed by atoms with Gasteiger partial charge in [-0.1, -0.05) is 48.9 Å². The van der Waals surface area contributed by atoms with Crippen LogP contribution < -0.4 is 9.64 Å². The number of carbonyl (C=O) groups is 1. The zero-order valence-corrected chi connectivity index (χ0v) is 13.2. The van der Waals surface area contributed by atoms with Crippen molar-refractivity contribution in [3.63, 3.8) is 0 Å². The topological polar surface area (TPSA) is 29.5 Å². The molecule has 2 atom stereocenters. The van der Waals surface area contributed by atoms with E-state index >= 15 is 0 Å². The number of para-hydroxylation sites is 2. The summed E-state index contributed by atoms with van der Waals surface area (Å²) in [6.45, 7) is 0.600. The monoisotopic (exact) mass is 307 g/mol. The van der Waals surface area contributed by atoms with Crippen LogP contribution in [0.2, 0.25) is 0 Å². The Morgan fingerprint density at radius 1 is 0.957 bits per heavy atom. The molecule has 3 nitrogen and oxygen atoms in total. The van der Waals surface area contributed by atoms with E-state index < -0.39 is 0 Å². The average Bonchev–Trinajstić information content (AvgIpc) is 2.72. The predicted molar refractivity (Wildman–Crippen MR) is 90.4 cm³/mol. The van der Waals surface area contributed by atoms with Gasteiger partial charge in [-0.2, -0.15) is 0 Å². The molecule has 118 valence electrons. The number of anilines is 1. The minimum atomic E-state index is -0.0140. The van der Waals surface area contributed by atoms with Gasteiger partial charge in [-0.25, -0.2) is 0 Å². The second-order valence-corrected chi connectivity index (χ2v) is 6.42. The molecule has 2 aromatic rings. The molecular weight excluding hydrogens is 286 g/mol. The van der Waals surface area contributed by atoms with Crippen molar-refractivity contribution in [2.75, 3.05) is 4.90 Å². The molecule has 0 bridgehead atoms. The van der Waals surface area contributed by atoms with Gasteiger partial charge in [-0.15, -0.1) is 0 Å². The number of hydrogen-bond acceptors (Lipinski definition) is 2. The van der Waals surface area contributed by atoms with Crippen LogP contribution in [0.3, 0.4) is 0 Å². The molecule has 2 aromatic carbocycles. The van der Waals surface area contributed by atoms with Gasteiger partial charge in [0, 0.05) is 0 Å². The van der Waals surface area contributed by atoms with Gasteiger partial charge >= 0.3 is 0 Å². The Morgan fingerprint density at radius 3 is 2.57 bits per heavy atom. The van der Waals surface area contributed by atoms with E-state index in [-0.39, 0.29) is 17.9 Å². The quantitative estimate of drug-likeness (QED) is 0.833. The highest BCUT2D eigenvalue weighted by molar-refractivity contribution is 5.97. The van der Waals surface area contributed by atoms with Crippen LogP contribution in [0.5, 0.6) is 5.75 Å². The molecule has 1 saturated carbocycles. The number of benzene rings is 2. The molecule has 23 heavy (non-hydrogen) atoms. The maximum absolute atomic E-state index is 13.2. The van der Waals surface area contributed by atoms with Crippen molar-refractivity contribution in [1.82, 2.24) is 0 Å². The Bertz CT molecular complexity index is 698. The summed E-state index contributed by atoms with van der Waals surface area (Å²) >= 11 is 0. The van der Waals surface area contributed by atoms with Crippen LogP contribution in [0.25, 0.3) is 0 Å². The molecule has 2 aliphatic rings. The van der Waals surface area contributed by atoms with Crippen LogP contribution >= 0.6 is 0 Å². The zero-order chi connectivity index (χ0) is 15.6. The van der Waals surface area contributed by atoms with Crippen molar-refractivity contribution >= 4 is 11.6 Å². The lowest BCUT2D eigenvalue weighted by molar-refractivity contribution is -0.126. The third kappa shape index (κ3) is 2.72. The first kappa shape index (κ1) is 14.3. The summed E-state index contributed by atoms with van der Waals surface area (Å²) in [5.74, 6) is 1.04. The maximum atomic E-state index is 13.2. The Kier molecular flexibility index (Phi) is 3.78. The van der Waals surface area contributed by atoms with E-state index in [0.29, 0.717) is 6.54 Å². The Balaban J connectivity index is 1.74. The number of carbonyl (C=O) groups excluding carboxylic acids is 1.